The molecule has 1 atom stereocenters. The zero-order chi connectivity index (χ0) is 16.8. The fraction of sp³-hybridized carbons (Fsp3) is 0.312. The molecule has 7 heteroatoms. The lowest BCUT2D eigenvalue weighted by molar-refractivity contribution is -0.126. The summed E-state index contributed by atoms with van der Waals surface area (Å²) in [4.78, 5) is 24.3. The van der Waals surface area contributed by atoms with Crippen LogP contribution in [0.4, 0.5) is 14.5 Å². The van der Waals surface area contributed by atoms with Crippen molar-refractivity contribution in [2.24, 2.45) is 5.92 Å². The van der Waals surface area contributed by atoms with Gasteiger partial charge in [-0.3, -0.25) is 9.59 Å². The Morgan fingerprint density at radius 1 is 1.26 bits per heavy atom. The highest BCUT2D eigenvalue weighted by molar-refractivity contribution is 7.99. The predicted octanol–water partition coefficient (Wildman–Crippen LogP) is 3.76. The lowest BCUT2D eigenvalue weighted by atomic mass is 9.89. The summed E-state index contributed by atoms with van der Waals surface area (Å²) in [5, 5.41) is 11.5. The van der Waals surface area contributed by atoms with E-state index in [-0.39, 0.29) is 0 Å². The Morgan fingerprint density at radius 3 is 2.39 bits per heavy atom. The monoisotopic (exact) mass is 336 g/mol. The van der Waals surface area contributed by atoms with E-state index >= 15 is 0 Å². The molecular weight excluding hydrogens is 322 g/mol. The number of amides is 1. The normalized spacial score (nSPS) is 14.6. The van der Waals surface area contributed by atoms with Gasteiger partial charge in [-0.15, -0.1) is 0 Å². The van der Waals surface area contributed by atoms with Gasteiger partial charge in [-0.1, -0.05) is 17.3 Å². The summed E-state index contributed by atoms with van der Waals surface area (Å²) in [6.07, 6.45) is 4.05. The topological polar surface area (TPSA) is 70.0 Å². The molecule has 1 aromatic carbocycles. The van der Waals surface area contributed by atoms with Gasteiger partial charge in [-0.2, -0.15) is 14.0 Å². The number of anilines is 1. The van der Waals surface area contributed by atoms with Crippen LogP contribution < -0.4 is 5.32 Å². The molecule has 0 aromatic heterocycles. The molecule has 0 bridgehead atoms. The van der Waals surface area contributed by atoms with E-state index in [4.69, 9.17) is 5.26 Å². The Kier molecular flexibility index (Phi) is 5.88. The molecule has 1 saturated carbocycles. The van der Waals surface area contributed by atoms with Crippen molar-refractivity contribution in [2.45, 2.75) is 29.9 Å². The minimum absolute atomic E-state index is 0.345. The van der Waals surface area contributed by atoms with Gasteiger partial charge in [0.2, 0.25) is 5.91 Å². The predicted molar refractivity (Wildman–Crippen MR) is 83.0 cm³/mol. The Labute approximate surface area is 136 Å². The van der Waals surface area contributed by atoms with Crippen LogP contribution in [0.25, 0.3) is 0 Å². The molecule has 0 saturated heterocycles. The van der Waals surface area contributed by atoms with E-state index in [1.54, 1.807) is 6.07 Å². The van der Waals surface area contributed by atoms with E-state index in [0.717, 1.165) is 24.8 Å². The number of nitrogens with one attached hydrogen (secondary N) is 1. The first kappa shape index (κ1) is 17.2. The van der Waals surface area contributed by atoms with Gasteiger partial charge in [0, 0.05) is 10.6 Å². The van der Waals surface area contributed by atoms with E-state index in [2.05, 4.69) is 5.32 Å². The molecule has 1 amide bonds. The fourth-order valence-electron chi connectivity index (χ4n) is 2.00. The quantitative estimate of drug-likeness (QED) is 0.488. The molecule has 1 unspecified atom stereocenters. The summed E-state index contributed by atoms with van der Waals surface area (Å²) in [5.41, 5.74) is 1.30. The van der Waals surface area contributed by atoms with Crippen LogP contribution in [-0.2, 0) is 9.59 Å². The van der Waals surface area contributed by atoms with E-state index in [1.807, 2.05) is 0 Å². The Bertz CT molecular complexity index is 660. The van der Waals surface area contributed by atoms with Gasteiger partial charge in [0.1, 0.15) is 0 Å². The third kappa shape index (κ3) is 4.89. The minimum atomic E-state index is -2.52. The van der Waals surface area contributed by atoms with Crippen LogP contribution in [0.1, 0.15) is 19.3 Å². The first-order chi connectivity index (χ1) is 11.0. The molecule has 23 heavy (non-hydrogen) atoms. The van der Waals surface area contributed by atoms with Crippen LogP contribution in [0, 0.1) is 17.2 Å². The number of thioether (sulfide) groups is 1. The Hall–Kier alpha value is -2.20. The molecule has 1 aliphatic rings. The summed E-state index contributed by atoms with van der Waals surface area (Å²) < 4.78 is 24.4. The van der Waals surface area contributed by atoms with Crippen molar-refractivity contribution in [3.05, 3.63) is 35.9 Å². The number of benzene rings is 1. The maximum absolute atomic E-state index is 12.2. The molecule has 1 aromatic rings. The molecule has 1 fully saturated rings. The number of rotatable bonds is 6. The molecule has 1 aliphatic carbocycles. The fourth-order valence-corrected chi connectivity index (χ4v) is 2.49. The van der Waals surface area contributed by atoms with Gasteiger partial charge in [0.15, 0.2) is 11.7 Å². The number of hydrogen-bond acceptors (Lipinski definition) is 4. The van der Waals surface area contributed by atoms with E-state index in [0.29, 0.717) is 22.3 Å². The maximum Gasteiger partial charge on any atom is 0.288 e. The van der Waals surface area contributed by atoms with Crippen LogP contribution in [0.15, 0.2) is 40.8 Å². The summed E-state index contributed by atoms with van der Waals surface area (Å²) in [6, 6.07) is 7.48. The number of allylic oxidation sites excluding steroid dienone is 2. The number of carbonyl (C=O) groups is 2. The lowest BCUT2D eigenvalue weighted by Crippen LogP contribution is -2.28. The average molecular weight is 336 g/mol. The van der Waals surface area contributed by atoms with Gasteiger partial charge < -0.3 is 5.32 Å². The molecule has 1 N–H and O–H groups in total. The molecule has 4 nitrogen and oxygen atoms in total. The smallest absolute Gasteiger partial charge is 0.288 e. The SMILES string of the molecule is N#CC(C(=O)C=C1CCC1)C(=O)Nc1ccc(SC(F)F)cc1. The van der Waals surface area contributed by atoms with Gasteiger partial charge in [-0.25, -0.2) is 0 Å². The molecule has 0 aliphatic heterocycles. The maximum atomic E-state index is 12.2. The molecular formula is C16H14F2N2O2S. The highest BCUT2D eigenvalue weighted by Crippen LogP contribution is 2.27. The summed E-state index contributed by atoms with van der Waals surface area (Å²) in [5.74, 6) is -5.17. The standard InChI is InChI=1S/C16H14F2N2O2S/c17-16(18)23-12-6-4-11(5-7-12)20-15(22)13(9-19)14(21)8-10-2-1-3-10/h4-8,13,16H,1-3H2,(H,20,22). The molecule has 2 rings (SSSR count). The summed E-state index contributed by atoms with van der Waals surface area (Å²) in [6.45, 7) is 0. The second-order valence-electron chi connectivity index (χ2n) is 5.01. The van der Waals surface area contributed by atoms with Gasteiger partial charge in [0.05, 0.1) is 6.07 Å². The minimum Gasteiger partial charge on any atom is -0.325 e. The van der Waals surface area contributed by atoms with Gasteiger partial charge >= 0.3 is 0 Å². The van der Waals surface area contributed by atoms with E-state index in [9.17, 15) is 18.4 Å². The number of nitriles is 1. The number of nitrogens with zero attached hydrogens (tertiary/aromatic N) is 1. The molecule has 0 spiro atoms. The van der Waals surface area contributed by atoms with Crippen molar-refractivity contribution in [3.8, 4) is 6.07 Å². The van der Waals surface area contributed by atoms with Crippen LogP contribution in [-0.4, -0.2) is 17.4 Å². The number of hydrogen-bond donors (Lipinski definition) is 1. The third-order valence-corrected chi connectivity index (χ3v) is 4.09. The summed E-state index contributed by atoms with van der Waals surface area (Å²) in [7, 11) is 0. The number of ketones is 1. The Morgan fingerprint density at radius 2 is 1.91 bits per heavy atom. The largest absolute Gasteiger partial charge is 0.325 e. The highest BCUT2D eigenvalue weighted by atomic mass is 32.2. The van der Waals surface area contributed by atoms with Crippen LogP contribution in [0.2, 0.25) is 0 Å². The summed E-state index contributed by atoms with van der Waals surface area (Å²) >= 11 is 0.397. The van der Waals surface area contributed by atoms with Crippen LogP contribution in [0.5, 0.6) is 0 Å². The van der Waals surface area contributed by atoms with Crippen molar-refractivity contribution in [3.63, 3.8) is 0 Å². The third-order valence-electron chi connectivity index (χ3n) is 3.36. The van der Waals surface area contributed by atoms with Crippen molar-refractivity contribution in [1.82, 2.24) is 0 Å². The lowest BCUT2D eigenvalue weighted by Gasteiger charge is -2.16. The molecule has 0 heterocycles. The van der Waals surface area contributed by atoms with Gasteiger partial charge in [0.25, 0.3) is 5.76 Å². The van der Waals surface area contributed by atoms with E-state index < -0.39 is 23.4 Å². The average Bonchev–Trinajstić information content (AvgIpc) is 2.45. The molecule has 120 valence electrons. The van der Waals surface area contributed by atoms with Crippen molar-refractivity contribution in [2.75, 3.05) is 5.32 Å². The first-order valence-corrected chi connectivity index (χ1v) is 7.86. The van der Waals surface area contributed by atoms with Crippen LogP contribution in [0.3, 0.4) is 0 Å². The first-order valence-electron chi connectivity index (χ1n) is 6.98. The zero-order valence-corrected chi connectivity index (χ0v) is 12.9. The van der Waals surface area contributed by atoms with Gasteiger partial charge in [-0.05, 0) is 49.6 Å². The van der Waals surface area contributed by atoms with Crippen LogP contribution >= 0.6 is 11.8 Å². The number of carbonyl (C=O) groups excluding carboxylic acids is 2. The van der Waals surface area contributed by atoms with Crippen molar-refractivity contribution in [1.29, 1.82) is 5.26 Å². The number of halogens is 2. The van der Waals surface area contributed by atoms with Crippen molar-refractivity contribution >= 4 is 29.1 Å². The number of alkyl halides is 2. The second kappa shape index (κ2) is 7.88. The Balaban J connectivity index is 1.99. The molecule has 0 radical (unpaired) electrons. The zero-order valence-electron chi connectivity index (χ0n) is 12.1. The van der Waals surface area contributed by atoms with Crippen molar-refractivity contribution < 1.29 is 18.4 Å². The highest BCUT2D eigenvalue weighted by Gasteiger charge is 2.26. The second-order valence-corrected chi connectivity index (χ2v) is 6.08. The van der Waals surface area contributed by atoms with E-state index in [1.165, 1.54) is 30.3 Å².